The first-order valence-electron chi connectivity index (χ1n) is 7.59. The third-order valence-corrected chi connectivity index (χ3v) is 5.28. The standard InChI is InChI=1S/C17H23ClO2/c1-11-3-8-14-15(9-11)20-16(10-17(14,2)19)12-4-6-13(18)7-5-12/h4-7,11,14-16,19H,3,8-10H2,1-2H3/t11-,14-,15-,16-,17?/m1/s1. The first-order chi connectivity index (χ1) is 9.45. The third kappa shape index (κ3) is 2.74. The second-order valence-corrected chi connectivity index (χ2v) is 7.24. The molecule has 1 aliphatic carbocycles. The van der Waals surface area contributed by atoms with Crippen LogP contribution in [0.4, 0.5) is 0 Å². The van der Waals surface area contributed by atoms with E-state index in [4.69, 9.17) is 16.3 Å². The van der Waals surface area contributed by atoms with Gasteiger partial charge in [0.1, 0.15) is 0 Å². The molecule has 1 heterocycles. The van der Waals surface area contributed by atoms with E-state index in [1.54, 1.807) is 0 Å². The quantitative estimate of drug-likeness (QED) is 0.834. The highest BCUT2D eigenvalue weighted by Crippen LogP contribution is 2.47. The minimum Gasteiger partial charge on any atom is -0.390 e. The van der Waals surface area contributed by atoms with Gasteiger partial charge in [-0.3, -0.25) is 0 Å². The van der Waals surface area contributed by atoms with Crippen molar-refractivity contribution < 1.29 is 9.84 Å². The molecule has 0 spiro atoms. The van der Waals surface area contributed by atoms with Crippen molar-refractivity contribution in [2.24, 2.45) is 11.8 Å². The molecular formula is C17H23ClO2. The molecule has 2 aliphatic rings. The van der Waals surface area contributed by atoms with Gasteiger partial charge in [-0.1, -0.05) is 37.1 Å². The molecule has 3 heteroatoms. The molecule has 20 heavy (non-hydrogen) atoms. The van der Waals surface area contributed by atoms with Crippen LogP contribution in [0.25, 0.3) is 0 Å². The number of fused-ring (bicyclic) bond motifs is 1. The number of aliphatic hydroxyl groups is 1. The van der Waals surface area contributed by atoms with Crippen LogP contribution in [-0.4, -0.2) is 16.8 Å². The molecule has 1 saturated carbocycles. The van der Waals surface area contributed by atoms with Crippen LogP contribution in [0.1, 0.15) is 51.2 Å². The van der Waals surface area contributed by atoms with E-state index < -0.39 is 5.60 Å². The van der Waals surface area contributed by atoms with E-state index >= 15 is 0 Å². The lowest BCUT2D eigenvalue weighted by Crippen LogP contribution is -2.51. The third-order valence-electron chi connectivity index (χ3n) is 5.03. The van der Waals surface area contributed by atoms with E-state index in [9.17, 15) is 5.11 Å². The molecule has 0 aromatic heterocycles. The Bertz CT molecular complexity index is 468. The highest BCUT2D eigenvalue weighted by atomic mass is 35.5. The maximum atomic E-state index is 10.8. The second kappa shape index (κ2) is 5.32. The zero-order valence-corrected chi connectivity index (χ0v) is 12.9. The van der Waals surface area contributed by atoms with Gasteiger partial charge in [0.05, 0.1) is 17.8 Å². The highest BCUT2D eigenvalue weighted by molar-refractivity contribution is 6.30. The maximum absolute atomic E-state index is 10.8. The van der Waals surface area contributed by atoms with Crippen LogP contribution >= 0.6 is 11.6 Å². The van der Waals surface area contributed by atoms with E-state index in [-0.39, 0.29) is 18.1 Å². The van der Waals surface area contributed by atoms with Crippen LogP contribution in [0, 0.1) is 11.8 Å². The normalized spacial score (nSPS) is 41.2. The fourth-order valence-corrected chi connectivity index (χ4v) is 3.98. The monoisotopic (exact) mass is 294 g/mol. The molecule has 0 amide bonds. The molecule has 0 bridgehead atoms. The summed E-state index contributed by atoms with van der Waals surface area (Å²) in [7, 11) is 0. The summed E-state index contributed by atoms with van der Waals surface area (Å²) in [6.45, 7) is 4.26. The summed E-state index contributed by atoms with van der Waals surface area (Å²) in [5, 5.41) is 11.6. The van der Waals surface area contributed by atoms with Crippen LogP contribution in [-0.2, 0) is 4.74 Å². The number of halogens is 1. The second-order valence-electron chi connectivity index (χ2n) is 6.80. The maximum Gasteiger partial charge on any atom is 0.0856 e. The molecule has 1 N–H and O–H groups in total. The first-order valence-corrected chi connectivity index (χ1v) is 7.97. The lowest BCUT2D eigenvalue weighted by molar-refractivity contribution is -0.197. The Morgan fingerprint density at radius 1 is 1.25 bits per heavy atom. The van der Waals surface area contributed by atoms with Crippen molar-refractivity contribution in [1.29, 1.82) is 0 Å². The molecule has 1 aromatic rings. The van der Waals surface area contributed by atoms with Crippen LogP contribution < -0.4 is 0 Å². The minimum atomic E-state index is -0.632. The van der Waals surface area contributed by atoms with Crippen molar-refractivity contribution in [3.05, 3.63) is 34.9 Å². The predicted molar refractivity (Wildman–Crippen MR) is 80.8 cm³/mol. The number of hydrogen-bond acceptors (Lipinski definition) is 2. The molecule has 1 unspecified atom stereocenters. The molecule has 2 nitrogen and oxygen atoms in total. The van der Waals surface area contributed by atoms with Gasteiger partial charge in [-0.25, -0.2) is 0 Å². The Labute approximate surface area is 126 Å². The zero-order chi connectivity index (χ0) is 14.3. The van der Waals surface area contributed by atoms with Crippen LogP contribution in [0.15, 0.2) is 24.3 Å². The largest absolute Gasteiger partial charge is 0.390 e. The van der Waals surface area contributed by atoms with Crippen LogP contribution in [0.5, 0.6) is 0 Å². The summed E-state index contributed by atoms with van der Waals surface area (Å²) >= 11 is 5.95. The summed E-state index contributed by atoms with van der Waals surface area (Å²) in [5.41, 5.74) is 0.485. The van der Waals surface area contributed by atoms with Gasteiger partial charge in [0.15, 0.2) is 0 Å². The van der Waals surface area contributed by atoms with E-state index in [1.807, 2.05) is 31.2 Å². The Balaban J connectivity index is 1.83. The fraction of sp³-hybridized carbons (Fsp3) is 0.647. The molecule has 0 radical (unpaired) electrons. The summed E-state index contributed by atoms with van der Waals surface area (Å²) in [6.07, 6.45) is 4.17. The van der Waals surface area contributed by atoms with Crippen LogP contribution in [0.2, 0.25) is 5.02 Å². The van der Waals surface area contributed by atoms with Crippen molar-refractivity contribution in [3.63, 3.8) is 0 Å². The van der Waals surface area contributed by atoms with Crippen LogP contribution in [0.3, 0.4) is 0 Å². The van der Waals surface area contributed by atoms with E-state index in [0.29, 0.717) is 12.3 Å². The lowest BCUT2D eigenvalue weighted by atomic mass is 9.68. The predicted octanol–water partition coefficient (Wildman–Crippen LogP) is 4.36. The van der Waals surface area contributed by atoms with Gasteiger partial charge in [-0.05, 0) is 43.4 Å². The van der Waals surface area contributed by atoms with Gasteiger partial charge in [0.25, 0.3) is 0 Å². The minimum absolute atomic E-state index is 0.0196. The highest BCUT2D eigenvalue weighted by Gasteiger charge is 2.47. The summed E-state index contributed by atoms with van der Waals surface area (Å²) in [6, 6.07) is 7.81. The summed E-state index contributed by atoms with van der Waals surface area (Å²) in [5.74, 6) is 0.971. The van der Waals surface area contributed by atoms with Crippen molar-refractivity contribution >= 4 is 11.6 Å². The van der Waals surface area contributed by atoms with Crippen molar-refractivity contribution in [2.45, 2.75) is 57.3 Å². The molecule has 1 aliphatic heterocycles. The van der Waals surface area contributed by atoms with Gasteiger partial charge in [-0.15, -0.1) is 0 Å². The average Bonchev–Trinajstić information content (AvgIpc) is 2.38. The molecule has 110 valence electrons. The summed E-state index contributed by atoms with van der Waals surface area (Å²) < 4.78 is 6.32. The van der Waals surface area contributed by atoms with Gasteiger partial charge >= 0.3 is 0 Å². The Morgan fingerprint density at radius 2 is 1.95 bits per heavy atom. The topological polar surface area (TPSA) is 29.5 Å². The van der Waals surface area contributed by atoms with E-state index in [2.05, 4.69) is 6.92 Å². The van der Waals surface area contributed by atoms with Gasteiger partial charge < -0.3 is 9.84 Å². The van der Waals surface area contributed by atoms with E-state index in [1.165, 1.54) is 6.42 Å². The molecule has 5 atom stereocenters. The zero-order valence-electron chi connectivity index (χ0n) is 12.2. The van der Waals surface area contributed by atoms with Gasteiger partial charge in [0.2, 0.25) is 0 Å². The number of hydrogen-bond donors (Lipinski definition) is 1. The number of ether oxygens (including phenoxy) is 1. The lowest BCUT2D eigenvalue weighted by Gasteiger charge is -2.49. The Morgan fingerprint density at radius 3 is 2.65 bits per heavy atom. The van der Waals surface area contributed by atoms with Crippen molar-refractivity contribution in [2.75, 3.05) is 0 Å². The molecule has 2 fully saturated rings. The summed E-state index contributed by atoms with van der Waals surface area (Å²) in [4.78, 5) is 0. The fourth-order valence-electron chi connectivity index (χ4n) is 3.85. The smallest absolute Gasteiger partial charge is 0.0856 e. The van der Waals surface area contributed by atoms with E-state index in [0.717, 1.165) is 23.4 Å². The molecular weight excluding hydrogens is 272 g/mol. The SMILES string of the molecule is C[C@@H]1CC[C@@H]2[C@@H](C1)O[C@@H](c1ccc(Cl)cc1)CC2(C)O. The van der Waals surface area contributed by atoms with Gasteiger partial charge in [-0.2, -0.15) is 0 Å². The van der Waals surface area contributed by atoms with Crippen molar-refractivity contribution in [3.8, 4) is 0 Å². The number of rotatable bonds is 1. The van der Waals surface area contributed by atoms with Gasteiger partial charge in [0, 0.05) is 17.4 Å². The Hall–Kier alpha value is -0.570. The first kappa shape index (κ1) is 14.4. The molecule has 1 aromatic carbocycles. The molecule has 3 rings (SSSR count). The Kier molecular flexibility index (Phi) is 3.83. The average molecular weight is 295 g/mol. The molecule has 1 saturated heterocycles. The van der Waals surface area contributed by atoms with Crippen molar-refractivity contribution in [1.82, 2.24) is 0 Å². The number of benzene rings is 1.